The molecule has 1 saturated heterocycles. The van der Waals surface area contributed by atoms with E-state index in [0.29, 0.717) is 12.0 Å². The Morgan fingerprint density at radius 2 is 2.00 bits per heavy atom. The van der Waals surface area contributed by atoms with E-state index in [4.69, 9.17) is 9.47 Å². The smallest absolute Gasteiger partial charge is 0.119 e. The maximum atomic E-state index is 5.68. The molecule has 1 aromatic rings. The van der Waals surface area contributed by atoms with Gasteiger partial charge in [-0.2, -0.15) is 0 Å². The molecule has 1 N–H and O–H groups in total. The van der Waals surface area contributed by atoms with E-state index in [2.05, 4.69) is 29.6 Å². The van der Waals surface area contributed by atoms with Crippen LogP contribution in [0.1, 0.15) is 38.3 Å². The second-order valence-electron chi connectivity index (χ2n) is 5.48. The van der Waals surface area contributed by atoms with Crippen molar-refractivity contribution in [1.29, 1.82) is 0 Å². The van der Waals surface area contributed by atoms with Crippen LogP contribution < -0.4 is 10.1 Å². The molecule has 1 fully saturated rings. The first-order chi connectivity index (χ1) is 9.20. The number of nitrogens with one attached hydrogen (secondary N) is 1. The zero-order valence-electron chi connectivity index (χ0n) is 12.2. The predicted molar refractivity (Wildman–Crippen MR) is 77.5 cm³/mol. The van der Waals surface area contributed by atoms with Gasteiger partial charge in [0.25, 0.3) is 0 Å². The topological polar surface area (TPSA) is 30.5 Å². The summed E-state index contributed by atoms with van der Waals surface area (Å²) in [6.07, 6.45) is 2.62. The minimum atomic E-state index is 0.220. The molecule has 3 heteroatoms. The fourth-order valence-corrected chi connectivity index (χ4v) is 2.73. The van der Waals surface area contributed by atoms with Gasteiger partial charge in [-0.1, -0.05) is 12.1 Å². The predicted octanol–water partition coefficient (Wildman–Crippen LogP) is 3.16. The van der Waals surface area contributed by atoms with Gasteiger partial charge in [-0.25, -0.2) is 0 Å². The van der Waals surface area contributed by atoms with Crippen molar-refractivity contribution in [3.05, 3.63) is 29.8 Å². The van der Waals surface area contributed by atoms with Gasteiger partial charge in [-0.3, -0.25) is 0 Å². The molecule has 0 radical (unpaired) electrons. The fourth-order valence-electron chi connectivity index (χ4n) is 2.73. The Hall–Kier alpha value is -1.06. The molecule has 106 valence electrons. The van der Waals surface area contributed by atoms with Gasteiger partial charge in [-0.15, -0.1) is 0 Å². The van der Waals surface area contributed by atoms with E-state index in [1.54, 1.807) is 0 Å². The summed E-state index contributed by atoms with van der Waals surface area (Å²) in [7, 11) is 2.03. The number of ether oxygens (including phenoxy) is 2. The first-order valence-corrected chi connectivity index (χ1v) is 7.22. The molecule has 0 bridgehead atoms. The van der Waals surface area contributed by atoms with Crippen LogP contribution in [-0.4, -0.2) is 26.4 Å². The molecule has 2 rings (SSSR count). The summed E-state index contributed by atoms with van der Waals surface area (Å²) in [5.74, 6) is 1.50. The minimum Gasteiger partial charge on any atom is -0.491 e. The molecule has 0 aliphatic carbocycles. The molecule has 3 nitrogen and oxygen atoms in total. The highest BCUT2D eigenvalue weighted by Crippen LogP contribution is 2.29. The van der Waals surface area contributed by atoms with E-state index >= 15 is 0 Å². The van der Waals surface area contributed by atoms with Crippen molar-refractivity contribution in [3.63, 3.8) is 0 Å². The van der Waals surface area contributed by atoms with Gasteiger partial charge in [0.1, 0.15) is 5.75 Å². The van der Waals surface area contributed by atoms with Crippen LogP contribution in [0.25, 0.3) is 0 Å². The van der Waals surface area contributed by atoms with Crippen LogP contribution in [0.4, 0.5) is 0 Å². The van der Waals surface area contributed by atoms with E-state index in [9.17, 15) is 0 Å². The third kappa shape index (κ3) is 3.95. The molecule has 2 unspecified atom stereocenters. The molecule has 2 atom stereocenters. The van der Waals surface area contributed by atoms with Crippen LogP contribution in [0.5, 0.6) is 5.75 Å². The second-order valence-corrected chi connectivity index (χ2v) is 5.48. The Kier molecular flexibility index (Phi) is 5.23. The third-order valence-electron chi connectivity index (χ3n) is 3.59. The molecular formula is C16H25NO2. The summed E-state index contributed by atoms with van der Waals surface area (Å²) in [5.41, 5.74) is 1.31. The van der Waals surface area contributed by atoms with Crippen LogP contribution in [-0.2, 0) is 4.74 Å². The van der Waals surface area contributed by atoms with Crippen molar-refractivity contribution in [1.82, 2.24) is 5.32 Å². The highest BCUT2D eigenvalue weighted by atomic mass is 16.5. The molecule has 1 aliphatic heterocycles. The monoisotopic (exact) mass is 263 g/mol. The largest absolute Gasteiger partial charge is 0.491 e. The Morgan fingerprint density at radius 3 is 2.53 bits per heavy atom. The number of hydrogen-bond donors (Lipinski definition) is 1. The molecule has 0 spiro atoms. The Labute approximate surface area is 116 Å². The third-order valence-corrected chi connectivity index (χ3v) is 3.59. The van der Waals surface area contributed by atoms with Gasteiger partial charge in [0.2, 0.25) is 0 Å². The van der Waals surface area contributed by atoms with Gasteiger partial charge in [-0.05, 0) is 51.4 Å². The van der Waals surface area contributed by atoms with Crippen molar-refractivity contribution in [2.24, 2.45) is 5.92 Å². The van der Waals surface area contributed by atoms with E-state index in [0.717, 1.165) is 25.4 Å². The quantitative estimate of drug-likeness (QED) is 0.885. The summed E-state index contributed by atoms with van der Waals surface area (Å²) >= 11 is 0. The summed E-state index contributed by atoms with van der Waals surface area (Å²) < 4.78 is 11.3. The van der Waals surface area contributed by atoms with Gasteiger partial charge >= 0.3 is 0 Å². The average Bonchev–Trinajstić information content (AvgIpc) is 2.42. The summed E-state index contributed by atoms with van der Waals surface area (Å²) in [4.78, 5) is 0. The fraction of sp³-hybridized carbons (Fsp3) is 0.625. The first-order valence-electron chi connectivity index (χ1n) is 7.22. The highest BCUT2D eigenvalue weighted by molar-refractivity contribution is 5.29. The Bertz CT molecular complexity index is 369. The summed E-state index contributed by atoms with van der Waals surface area (Å²) in [6.45, 7) is 5.86. The van der Waals surface area contributed by atoms with E-state index < -0.39 is 0 Å². The van der Waals surface area contributed by atoms with Crippen LogP contribution >= 0.6 is 0 Å². The van der Waals surface area contributed by atoms with E-state index in [-0.39, 0.29) is 6.10 Å². The van der Waals surface area contributed by atoms with Crippen LogP contribution in [0, 0.1) is 5.92 Å². The lowest BCUT2D eigenvalue weighted by Crippen LogP contribution is -2.31. The Morgan fingerprint density at radius 1 is 1.26 bits per heavy atom. The van der Waals surface area contributed by atoms with Crippen molar-refractivity contribution in [2.75, 3.05) is 20.3 Å². The lowest BCUT2D eigenvalue weighted by atomic mass is 9.89. The maximum absolute atomic E-state index is 5.68. The molecule has 0 amide bonds. The normalized spacial score (nSPS) is 21.4. The summed E-state index contributed by atoms with van der Waals surface area (Å²) in [5, 5.41) is 3.43. The minimum absolute atomic E-state index is 0.220. The number of benzene rings is 1. The van der Waals surface area contributed by atoms with Crippen LogP contribution in [0.3, 0.4) is 0 Å². The number of rotatable bonds is 5. The molecule has 1 aromatic carbocycles. The molecular weight excluding hydrogens is 238 g/mol. The molecule has 1 aliphatic rings. The first kappa shape index (κ1) is 14.4. The van der Waals surface area contributed by atoms with Crippen LogP contribution in [0.15, 0.2) is 24.3 Å². The van der Waals surface area contributed by atoms with E-state index in [1.165, 1.54) is 12.0 Å². The number of hydrogen-bond acceptors (Lipinski definition) is 3. The zero-order valence-corrected chi connectivity index (χ0v) is 12.2. The van der Waals surface area contributed by atoms with Crippen molar-refractivity contribution < 1.29 is 9.47 Å². The van der Waals surface area contributed by atoms with Crippen molar-refractivity contribution in [2.45, 2.75) is 38.8 Å². The van der Waals surface area contributed by atoms with Gasteiger partial charge in [0.15, 0.2) is 0 Å². The molecule has 0 aromatic heterocycles. The summed E-state index contributed by atoms with van der Waals surface area (Å²) in [6, 6.07) is 8.81. The van der Waals surface area contributed by atoms with Gasteiger partial charge < -0.3 is 14.8 Å². The molecule has 1 heterocycles. The molecule has 0 saturated carbocycles. The SMILES string of the molecule is CNC(c1ccc(OC(C)C)cc1)C1CCCOC1. The Balaban J connectivity index is 2.05. The van der Waals surface area contributed by atoms with E-state index in [1.807, 2.05) is 20.9 Å². The highest BCUT2D eigenvalue weighted by Gasteiger charge is 2.24. The van der Waals surface area contributed by atoms with Gasteiger partial charge in [0.05, 0.1) is 12.7 Å². The van der Waals surface area contributed by atoms with Gasteiger partial charge in [0, 0.05) is 18.6 Å². The standard InChI is InChI=1S/C16H25NO2/c1-12(2)19-15-8-6-13(7-9-15)16(17-3)14-5-4-10-18-11-14/h6-9,12,14,16-17H,4-5,10-11H2,1-3H3. The average molecular weight is 263 g/mol. The van der Waals surface area contributed by atoms with Crippen molar-refractivity contribution in [3.8, 4) is 5.75 Å². The lowest BCUT2D eigenvalue weighted by molar-refractivity contribution is 0.0402. The van der Waals surface area contributed by atoms with Crippen molar-refractivity contribution >= 4 is 0 Å². The molecule has 19 heavy (non-hydrogen) atoms. The van der Waals surface area contributed by atoms with Crippen LogP contribution in [0.2, 0.25) is 0 Å². The second kappa shape index (κ2) is 6.92. The lowest BCUT2D eigenvalue weighted by Gasteiger charge is -2.30. The maximum Gasteiger partial charge on any atom is 0.119 e. The zero-order chi connectivity index (χ0) is 13.7.